The molecule has 1 aromatic rings. The molecule has 0 aromatic heterocycles. The summed E-state index contributed by atoms with van der Waals surface area (Å²) in [6.07, 6.45) is 3.09. The largest absolute Gasteiger partial charge is 0.294 e. The van der Waals surface area contributed by atoms with E-state index in [9.17, 15) is 8.42 Å². The smallest absolute Gasteiger partial charge is 0.198 e. The van der Waals surface area contributed by atoms with Crippen LogP contribution in [0.25, 0.3) is 0 Å². The number of sulfone groups is 1. The van der Waals surface area contributed by atoms with E-state index in [4.69, 9.17) is 0 Å². The van der Waals surface area contributed by atoms with Crippen LogP contribution >= 0.6 is 0 Å². The minimum absolute atomic E-state index is 0.422. The van der Waals surface area contributed by atoms with E-state index in [2.05, 4.69) is 5.32 Å². The first kappa shape index (κ1) is 11.9. The van der Waals surface area contributed by atoms with Gasteiger partial charge in [0.1, 0.15) is 5.37 Å². The molecule has 1 aliphatic carbocycles. The van der Waals surface area contributed by atoms with Crippen LogP contribution in [0.3, 0.4) is 0 Å². The van der Waals surface area contributed by atoms with Gasteiger partial charge in [-0.15, -0.1) is 0 Å². The van der Waals surface area contributed by atoms with Gasteiger partial charge in [-0.1, -0.05) is 23.3 Å². The van der Waals surface area contributed by atoms with Crippen molar-refractivity contribution >= 4 is 9.84 Å². The first-order chi connectivity index (χ1) is 8.59. The Balaban J connectivity index is 1.98. The molecule has 18 heavy (non-hydrogen) atoms. The van der Waals surface area contributed by atoms with Crippen molar-refractivity contribution < 1.29 is 8.42 Å². The predicted octanol–water partition coefficient (Wildman–Crippen LogP) is 2.18. The van der Waals surface area contributed by atoms with E-state index in [1.54, 1.807) is 12.1 Å². The summed E-state index contributed by atoms with van der Waals surface area (Å²) in [6.45, 7) is 2.70. The monoisotopic (exact) mass is 263 g/mol. The Bertz CT molecular complexity index is 599. The Morgan fingerprint density at radius 1 is 1.17 bits per heavy atom. The lowest BCUT2D eigenvalue weighted by molar-refractivity contribution is 0.574. The fraction of sp³-hybridized carbons (Fsp3) is 0.429. The molecule has 1 N–H and O–H groups in total. The van der Waals surface area contributed by atoms with Crippen molar-refractivity contribution in [1.82, 2.24) is 5.32 Å². The average Bonchev–Trinajstić information content (AvgIpc) is 2.90. The van der Waals surface area contributed by atoms with E-state index >= 15 is 0 Å². The highest BCUT2D eigenvalue weighted by atomic mass is 32.2. The van der Waals surface area contributed by atoms with Crippen molar-refractivity contribution in [3.63, 3.8) is 0 Å². The SMILES string of the molecule is Cc1ccc(S(=O)(=O)C2NCC3=C2CCC3)cc1. The Morgan fingerprint density at radius 2 is 1.89 bits per heavy atom. The van der Waals surface area contributed by atoms with Gasteiger partial charge in [0.25, 0.3) is 0 Å². The lowest BCUT2D eigenvalue weighted by Gasteiger charge is -2.16. The number of aryl methyl sites for hydroxylation is 1. The molecule has 3 nitrogen and oxygen atoms in total. The number of hydrogen-bond donors (Lipinski definition) is 1. The first-order valence-corrected chi connectivity index (χ1v) is 7.88. The maximum Gasteiger partial charge on any atom is 0.198 e. The van der Waals surface area contributed by atoms with E-state index in [-0.39, 0.29) is 0 Å². The fourth-order valence-corrected chi connectivity index (χ4v) is 4.60. The minimum atomic E-state index is -3.28. The van der Waals surface area contributed by atoms with Crippen LogP contribution in [0.4, 0.5) is 0 Å². The van der Waals surface area contributed by atoms with Crippen molar-refractivity contribution in [3.05, 3.63) is 41.0 Å². The molecule has 1 unspecified atom stereocenters. The Kier molecular flexibility index (Phi) is 2.79. The van der Waals surface area contributed by atoms with Crippen LogP contribution in [0, 0.1) is 6.92 Å². The van der Waals surface area contributed by atoms with Crippen LogP contribution in [-0.4, -0.2) is 20.3 Å². The van der Waals surface area contributed by atoms with Gasteiger partial charge >= 0.3 is 0 Å². The van der Waals surface area contributed by atoms with Crippen molar-refractivity contribution in [3.8, 4) is 0 Å². The van der Waals surface area contributed by atoms with Crippen LogP contribution in [0.2, 0.25) is 0 Å². The molecule has 4 heteroatoms. The molecule has 0 saturated heterocycles. The molecule has 1 atom stereocenters. The van der Waals surface area contributed by atoms with Crippen molar-refractivity contribution in [2.24, 2.45) is 0 Å². The second-order valence-corrected chi connectivity index (χ2v) is 7.13. The van der Waals surface area contributed by atoms with Gasteiger partial charge in [-0.25, -0.2) is 8.42 Å². The molecule has 3 rings (SSSR count). The summed E-state index contributed by atoms with van der Waals surface area (Å²) < 4.78 is 25.2. The third-order valence-corrected chi connectivity index (χ3v) is 5.86. The maximum atomic E-state index is 12.6. The highest BCUT2D eigenvalue weighted by Gasteiger charge is 2.37. The number of benzene rings is 1. The zero-order valence-electron chi connectivity index (χ0n) is 10.4. The topological polar surface area (TPSA) is 46.2 Å². The number of nitrogens with one attached hydrogen (secondary N) is 1. The highest BCUT2D eigenvalue weighted by Crippen LogP contribution is 2.36. The van der Waals surface area contributed by atoms with Crippen molar-refractivity contribution in [1.29, 1.82) is 0 Å². The summed E-state index contributed by atoms with van der Waals surface area (Å²) in [6, 6.07) is 7.12. The average molecular weight is 263 g/mol. The predicted molar refractivity (Wildman–Crippen MR) is 71.0 cm³/mol. The second-order valence-electron chi connectivity index (χ2n) is 5.10. The van der Waals surface area contributed by atoms with Crippen LogP contribution in [0.5, 0.6) is 0 Å². The summed E-state index contributed by atoms with van der Waals surface area (Å²) >= 11 is 0. The molecule has 0 radical (unpaired) electrons. The van der Waals surface area contributed by atoms with Gasteiger partial charge in [-0.05, 0) is 43.9 Å². The Labute approximate surface area is 108 Å². The van der Waals surface area contributed by atoms with E-state index < -0.39 is 15.2 Å². The standard InChI is InChI=1S/C14H17NO2S/c1-10-5-7-12(8-6-10)18(16,17)14-13-4-2-3-11(13)9-15-14/h5-8,14-15H,2-4,9H2,1H3. The van der Waals surface area contributed by atoms with Gasteiger partial charge in [0, 0.05) is 6.54 Å². The lowest BCUT2D eigenvalue weighted by atomic mass is 10.2. The van der Waals surface area contributed by atoms with Gasteiger partial charge in [0.05, 0.1) is 4.90 Å². The molecule has 0 saturated carbocycles. The van der Waals surface area contributed by atoms with E-state index in [0.29, 0.717) is 4.90 Å². The zero-order valence-corrected chi connectivity index (χ0v) is 11.3. The highest BCUT2D eigenvalue weighted by molar-refractivity contribution is 7.92. The molecule has 0 bridgehead atoms. The molecule has 1 aliphatic heterocycles. The molecular formula is C14H17NO2S. The van der Waals surface area contributed by atoms with Gasteiger partial charge in [0.15, 0.2) is 9.84 Å². The van der Waals surface area contributed by atoms with Gasteiger partial charge < -0.3 is 0 Å². The van der Waals surface area contributed by atoms with Gasteiger partial charge in [-0.2, -0.15) is 0 Å². The van der Waals surface area contributed by atoms with Gasteiger partial charge in [0.2, 0.25) is 0 Å². The second kappa shape index (κ2) is 4.21. The van der Waals surface area contributed by atoms with Crippen LogP contribution in [0.15, 0.2) is 40.3 Å². The van der Waals surface area contributed by atoms with Gasteiger partial charge in [-0.3, -0.25) is 5.32 Å². The molecule has 96 valence electrons. The Morgan fingerprint density at radius 3 is 2.61 bits per heavy atom. The van der Waals surface area contributed by atoms with E-state index in [1.807, 2.05) is 19.1 Å². The lowest BCUT2D eigenvalue weighted by Crippen LogP contribution is -2.34. The molecule has 1 aromatic carbocycles. The summed E-state index contributed by atoms with van der Waals surface area (Å²) in [7, 11) is -3.28. The molecule has 2 aliphatic rings. The summed E-state index contributed by atoms with van der Waals surface area (Å²) in [5.74, 6) is 0. The summed E-state index contributed by atoms with van der Waals surface area (Å²) in [5, 5.41) is 2.66. The minimum Gasteiger partial charge on any atom is -0.294 e. The molecular weight excluding hydrogens is 246 g/mol. The molecule has 0 fully saturated rings. The summed E-state index contributed by atoms with van der Waals surface area (Å²) in [4.78, 5) is 0.422. The molecule has 0 amide bonds. The number of rotatable bonds is 2. The van der Waals surface area contributed by atoms with Crippen LogP contribution in [0.1, 0.15) is 24.8 Å². The van der Waals surface area contributed by atoms with E-state index in [1.165, 1.54) is 5.57 Å². The number of hydrogen-bond acceptors (Lipinski definition) is 3. The zero-order chi connectivity index (χ0) is 12.8. The van der Waals surface area contributed by atoms with Crippen molar-refractivity contribution in [2.45, 2.75) is 36.5 Å². The third-order valence-electron chi connectivity index (χ3n) is 3.86. The first-order valence-electron chi connectivity index (χ1n) is 6.34. The van der Waals surface area contributed by atoms with Crippen LogP contribution < -0.4 is 5.32 Å². The van der Waals surface area contributed by atoms with Crippen molar-refractivity contribution in [2.75, 3.05) is 6.54 Å². The molecule has 1 heterocycles. The van der Waals surface area contributed by atoms with Crippen LogP contribution in [-0.2, 0) is 9.84 Å². The van der Waals surface area contributed by atoms with E-state index in [0.717, 1.165) is 36.9 Å². The quantitative estimate of drug-likeness (QED) is 0.832. The summed E-state index contributed by atoms with van der Waals surface area (Å²) in [5.41, 5.74) is 3.51. The third kappa shape index (κ3) is 1.80. The normalized spacial score (nSPS) is 23.5. The Hall–Kier alpha value is -1.13. The fourth-order valence-electron chi connectivity index (χ4n) is 2.85. The molecule has 0 spiro atoms. The maximum absolute atomic E-state index is 12.6.